The van der Waals surface area contributed by atoms with Crippen molar-refractivity contribution in [3.8, 4) is 5.75 Å². The van der Waals surface area contributed by atoms with Gasteiger partial charge in [0.1, 0.15) is 5.75 Å². The number of benzene rings is 1. The van der Waals surface area contributed by atoms with Crippen LogP contribution < -0.4 is 15.4 Å². The molecule has 0 aromatic heterocycles. The monoisotopic (exact) mass is 248 g/mol. The summed E-state index contributed by atoms with van der Waals surface area (Å²) in [7, 11) is 1.74. The zero-order valence-corrected chi connectivity index (χ0v) is 11.9. The van der Waals surface area contributed by atoms with E-state index in [-0.39, 0.29) is 0 Å². The first-order valence-corrected chi connectivity index (χ1v) is 6.71. The Morgan fingerprint density at radius 3 is 2.61 bits per heavy atom. The van der Waals surface area contributed by atoms with E-state index in [0.29, 0.717) is 6.04 Å². The van der Waals surface area contributed by atoms with Crippen LogP contribution in [0, 0.1) is 20.8 Å². The molecule has 3 nitrogen and oxygen atoms in total. The molecular formula is C15H24N2O. The van der Waals surface area contributed by atoms with Gasteiger partial charge in [-0.2, -0.15) is 0 Å². The second kappa shape index (κ2) is 5.72. The summed E-state index contributed by atoms with van der Waals surface area (Å²) in [5, 5.41) is 7.02. The van der Waals surface area contributed by atoms with Crippen molar-refractivity contribution >= 4 is 0 Å². The number of piperazine rings is 1. The van der Waals surface area contributed by atoms with Gasteiger partial charge in [-0.25, -0.2) is 0 Å². The lowest BCUT2D eigenvalue weighted by Crippen LogP contribution is -2.49. The fourth-order valence-corrected chi connectivity index (χ4v) is 2.73. The molecule has 18 heavy (non-hydrogen) atoms. The Morgan fingerprint density at radius 1 is 1.22 bits per heavy atom. The number of ether oxygens (including phenoxy) is 1. The number of rotatable bonds is 3. The lowest BCUT2D eigenvalue weighted by Gasteiger charge is -2.26. The lowest BCUT2D eigenvalue weighted by atomic mass is 9.92. The van der Waals surface area contributed by atoms with Crippen LogP contribution in [0.4, 0.5) is 0 Å². The minimum Gasteiger partial charge on any atom is -0.496 e. The van der Waals surface area contributed by atoms with Crippen LogP contribution in [0.15, 0.2) is 6.07 Å². The summed E-state index contributed by atoms with van der Waals surface area (Å²) in [5.74, 6) is 1.00. The third kappa shape index (κ3) is 2.68. The van der Waals surface area contributed by atoms with Crippen molar-refractivity contribution in [3.63, 3.8) is 0 Å². The molecule has 1 aliphatic rings. The summed E-state index contributed by atoms with van der Waals surface area (Å²) in [5.41, 5.74) is 5.44. The van der Waals surface area contributed by atoms with Crippen LogP contribution in [0.1, 0.15) is 22.3 Å². The van der Waals surface area contributed by atoms with Gasteiger partial charge in [0.15, 0.2) is 0 Å². The molecule has 0 bridgehead atoms. The molecule has 2 rings (SSSR count). The topological polar surface area (TPSA) is 33.3 Å². The van der Waals surface area contributed by atoms with E-state index in [4.69, 9.17) is 4.74 Å². The Bertz CT molecular complexity index is 423. The maximum Gasteiger partial charge on any atom is 0.122 e. The Labute approximate surface area is 110 Å². The fourth-order valence-electron chi connectivity index (χ4n) is 2.73. The van der Waals surface area contributed by atoms with Crippen LogP contribution in [-0.2, 0) is 6.42 Å². The summed E-state index contributed by atoms with van der Waals surface area (Å²) in [6.45, 7) is 9.73. The first kappa shape index (κ1) is 13.4. The number of hydrogen-bond acceptors (Lipinski definition) is 3. The number of nitrogens with one attached hydrogen (secondary N) is 2. The predicted octanol–water partition coefficient (Wildman–Crippen LogP) is 1.72. The molecule has 1 aromatic rings. The lowest BCUT2D eigenvalue weighted by molar-refractivity contribution is 0.407. The Morgan fingerprint density at radius 2 is 2.00 bits per heavy atom. The van der Waals surface area contributed by atoms with Crippen LogP contribution in [0.2, 0.25) is 0 Å². The van der Waals surface area contributed by atoms with E-state index in [9.17, 15) is 0 Å². The van der Waals surface area contributed by atoms with Crippen LogP contribution in [0.25, 0.3) is 0 Å². The summed E-state index contributed by atoms with van der Waals surface area (Å²) >= 11 is 0. The highest BCUT2D eigenvalue weighted by atomic mass is 16.5. The van der Waals surface area contributed by atoms with Crippen molar-refractivity contribution in [2.75, 3.05) is 26.7 Å². The Balaban J connectivity index is 2.24. The van der Waals surface area contributed by atoms with Crippen LogP contribution in [0.3, 0.4) is 0 Å². The van der Waals surface area contributed by atoms with Gasteiger partial charge in [0.25, 0.3) is 0 Å². The molecule has 0 saturated carbocycles. The third-order valence-electron chi connectivity index (χ3n) is 4.00. The molecular weight excluding hydrogens is 224 g/mol. The highest BCUT2D eigenvalue weighted by Gasteiger charge is 2.17. The largest absolute Gasteiger partial charge is 0.496 e. The molecule has 0 amide bonds. The van der Waals surface area contributed by atoms with E-state index in [2.05, 4.69) is 37.5 Å². The summed E-state index contributed by atoms with van der Waals surface area (Å²) in [4.78, 5) is 0. The van der Waals surface area contributed by atoms with Crippen molar-refractivity contribution < 1.29 is 4.74 Å². The predicted molar refractivity (Wildman–Crippen MR) is 75.6 cm³/mol. The van der Waals surface area contributed by atoms with E-state index >= 15 is 0 Å². The standard InChI is InChI=1S/C15H24N2O/c1-10-7-15(18-4)12(3)11(2)14(10)8-13-9-16-5-6-17-13/h7,13,16-17H,5-6,8-9H2,1-4H3. The van der Waals surface area contributed by atoms with Crippen molar-refractivity contribution in [1.29, 1.82) is 0 Å². The first-order chi connectivity index (χ1) is 8.63. The van der Waals surface area contributed by atoms with Gasteiger partial charge in [0.2, 0.25) is 0 Å². The third-order valence-corrected chi connectivity index (χ3v) is 4.00. The zero-order chi connectivity index (χ0) is 13.1. The molecule has 1 unspecified atom stereocenters. The highest BCUT2D eigenvalue weighted by molar-refractivity contribution is 5.48. The van der Waals surface area contributed by atoms with E-state index in [1.165, 1.54) is 22.3 Å². The summed E-state index contributed by atoms with van der Waals surface area (Å²) in [6, 6.07) is 2.71. The fraction of sp³-hybridized carbons (Fsp3) is 0.600. The molecule has 3 heteroatoms. The quantitative estimate of drug-likeness (QED) is 0.854. The van der Waals surface area contributed by atoms with Gasteiger partial charge in [-0.3, -0.25) is 0 Å². The summed E-state index contributed by atoms with van der Waals surface area (Å²) < 4.78 is 5.42. The molecule has 0 radical (unpaired) electrons. The van der Waals surface area contributed by atoms with Gasteiger partial charge in [0, 0.05) is 25.7 Å². The normalized spacial score (nSPS) is 19.9. The van der Waals surface area contributed by atoms with E-state index in [1.807, 2.05) is 0 Å². The first-order valence-electron chi connectivity index (χ1n) is 6.71. The van der Waals surface area contributed by atoms with E-state index < -0.39 is 0 Å². The van der Waals surface area contributed by atoms with Crippen LogP contribution >= 0.6 is 0 Å². The van der Waals surface area contributed by atoms with Gasteiger partial charge >= 0.3 is 0 Å². The molecule has 1 fully saturated rings. The second-order valence-corrected chi connectivity index (χ2v) is 5.18. The van der Waals surface area contributed by atoms with Crippen LogP contribution in [-0.4, -0.2) is 32.8 Å². The molecule has 2 N–H and O–H groups in total. The summed E-state index contributed by atoms with van der Waals surface area (Å²) in [6.07, 6.45) is 1.09. The second-order valence-electron chi connectivity index (χ2n) is 5.18. The molecule has 1 aliphatic heterocycles. The van der Waals surface area contributed by atoms with E-state index in [0.717, 1.165) is 31.8 Å². The van der Waals surface area contributed by atoms with Gasteiger partial charge in [0.05, 0.1) is 7.11 Å². The number of methoxy groups -OCH3 is 1. The smallest absolute Gasteiger partial charge is 0.122 e. The Hall–Kier alpha value is -1.06. The molecule has 0 spiro atoms. The van der Waals surface area contributed by atoms with Crippen LogP contribution in [0.5, 0.6) is 5.75 Å². The van der Waals surface area contributed by atoms with Gasteiger partial charge in [-0.15, -0.1) is 0 Å². The Kier molecular flexibility index (Phi) is 4.25. The molecule has 1 aromatic carbocycles. The van der Waals surface area contributed by atoms with Crippen molar-refractivity contribution in [3.05, 3.63) is 28.3 Å². The van der Waals surface area contributed by atoms with Crippen molar-refractivity contribution in [2.45, 2.75) is 33.2 Å². The molecule has 100 valence electrons. The SMILES string of the molecule is COc1cc(C)c(CC2CNCCN2)c(C)c1C. The average molecular weight is 248 g/mol. The van der Waals surface area contributed by atoms with E-state index in [1.54, 1.807) is 7.11 Å². The average Bonchev–Trinajstić information content (AvgIpc) is 2.40. The maximum absolute atomic E-state index is 5.42. The zero-order valence-electron chi connectivity index (χ0n) is 11.9. The van der Waals surface area contributed by atoms with Gasteiger partial charge < -0.3 is 15.4 Å². The van der Waals surface area contributed by atoms with Gasteiger partial charge in [-0.05, 0) is 55.5 Å². The van der Waals surface area contributed by atoms with Crippen molar-refractivity contribution in [1.82, 2.24) is 10.6 Å². The van der Waals surface area contributed by atoms with Crippen molar-refractivity contribution in [2.24, 2.45) is 0 Å². The minimum atomic E-state index is 0.545. The minimum absolute atomic E-state index is 0.545. The number of aryl methyl sites for hydroxylation is 1. The molecule has 1 saturated heterocycles. The molecule has 1 heterocycles. The molecule has 0 aliphatic carbocycles. The molecule has 1 atom stereocenters. The number of hydrogen-bond donors (Lipinski definition) is 2. The van der Waals surface area contributed by atoms with Gasteiger partial charge in [-0.1, -0.05) is 0 Å². The highest BCUT2D eigenvalue weighted by Crippen LogP contribution is 2.28. The maximum atomic E-state index is 5.42.